The van der Waals surface area contributed by atoms with Crippen molar-refractivity contribution < 1.29 is 24.1 Å². The van der Waals surface area contributed by atoms with E-state index in [1.165, 1.54) is 7.11 Å². The Balaban J connectivity index is 2.31. The molecule has 1 N–H and O–H groups in total. The Morgan fingerprint density at radius 3 is 2.47 bits per heavy atom. The van der Waals surface area contributed by atoms with E-state index >= 15 is 0 Å². The van der Waals surface area contributed by atoms with Gasteiger partial charge >= 0.3 is 5.97 Å². The third kappa shape index (κ3) is 5.83. The molecule has 19 heavy (non-hydrogen) atoms. The summed E-state index contributed by atoms with van der Waals surface area (Å²) in [6.45, 7) is 1.79. The summed E-state index contributed by atoms with van der Waals surface area (Å²) < 4.78 is 15.2. The number of carbonyl (C=O) groups excluding carboxylic acids is 1. The van der Waals surface area contributed by atoms with E-state index < -0.39 is 0 Å². The second-order valence-corrected chi connectivity index (χ2v) is 3.85. The van der Waals surface area contributed by atoms with Crippen molar-refractivity contribution in [1.82, 2.24) is 0 Å². The predicted octanol–water partition coefficient (Wildman–Crippen LogP) is 1.04. The number of methoxy groups -OCH3 is 1. The summed E-state index contributed by atoms with van der Waals surface area (Å²) in [6, 6.07) is 7.31. The predicted molar refractivity (Wildman–Crippen MR) is 70.2 cm³/mol. The maximum absolute atomic E-state index is 11.5. The second-order valence-electron chi connectivity index (χ2n) is 3.85. The summed E-state index contributed by atoms with van der Waals surface area (Å²) in [5.41, 5.74) is 1.48. The first kappa shape index (κ1) is 15.6. The molecule has 5 nitrogen and oxygen atoms in total. The van der Waals surface area contributed by atoms with Gasteiger partial charge in [0.05, 0.1) is 45.7 Å². The van der Waals surface area contributed by atoms with E-state index in [0.29, 0.717) is 38.4 Å². The Bertz CT molecular complexity index is 378. The van der Waals surface area contributed by atoms with Crippen LogP contribution in [0.1, 0.15) is 15.9 Å². The van der Waals surface area contributed by atoms with Gasteiger partial charge in [0.2, 0.25) is 0 Å². The summed E-state index contributed by atoms with van der Waals surface area (Å²) in [7, 11) is 1.37. The lowest BCUT2D eigenvalue weighted by atomic mass is 10.1. The number of esters is 1. The molecule has 0 saturated heterocycles. The molecule has 0 bridgehead atoms. The van der Waals surface area contributed by atoms with Crippen LogP contribution in [0.15, 0.2) is 24.3 Å². The number of aliphatic hydroxyl groups is 1. The second kappa shape index (κ2) is 9.49. The largest absolute Gasteiger partial charge is 0.465 e. The number of hydrogen-bond donors (Lipinski definition) is 1. The van der Waals surface area contributed by atoms with Crippen LogP contribution < -0.4 is 0 Å². The maximum Gasteiger partial charge on any atom is 0.338 e. The molecule has 0 radical (unpaired) electrons. The van der Waals surface area contributed by atoms with Crippen molar-refractivity contribution in [2.45, 2.75) is 6.42 Å². The number of aliphatic hydroxyl groups excluding tert-OH is 1. The normalized spacial score (nSPS) is 10.4. The molecule has 0 amide bonds. The van der Waals surface area contributed by atoms with Gasteiger partial charge in [-0.2, -0.15) is 0 Å². The lowest BCUT2D eigenvalue weighted by Gasteiger charge is -2.08. The average Bonchev–Trinajstić information content (AvgIpc) is 2.46. The van der Waals surface area contributed by atoms with Crippen LogP contribution in [-0.2, 0) is 20.6 Å². The highest BCUT2D eigenvalue weighted by atomic mass is 16.5. The van der Waals surface area contributed by atoms with E-state index in [1.807, 2.05) is 12.1 Å². The van der Waals surface area contributed by atoms with Gasteiger partial charge in [-0.25, -0.2) is 4.79 Å². The molecule has 5 heteroatoms. The molecule has 0 atom stereocenters. The van der Waals surface area contributed by atoms with Gasteiger partial charge in [0.1, 0.15) is 0 Å². The summed E-state index contributed by atoms with van der Waals surface area (Å²) in [5, 5.41) is 8.51. The van der Waals surface area contributed by atoms with Crippen molar-refractivity contribution in [3.63, 3.8) is 0 Å². The first-order valence-corrected chi connectivity index (χ1v) is 6.22. The lowest BCUT2D eigenvalue weighted by Crippen LogP contribution is -2.11. The average molecular weight is 268 g/mol. The molecule has 0 aliphatic rings. The molecule has 0 heterocycles. The number of carbonyl (C=O) groups is 1. The van der Waals surface area contributed by atoms with Gasteiger partial charge in [-0.05, 0) is 18.1 Å². The zero-order valence-electron chi connectivity index (χ0n) is 11.1. The highest BCUT2D eigenvalue weighted by molar-refractivity contribution is 5.90. The van der Waals surface area contributed by atoms with Crippen molar-refractivity contribution in [3.8, 4) is 0 Å². The standard InChI is InChI=1S/C14H20O5/c1-17-14(16)13-5-3-2-4-12(13)6-8-18-10-11-19-9-7-15/h2-5,15H,6-11H2,1H3. The fraction of sp³-hybridized carbons (Fsp3) is 0.500. The number of hydrogen-bond acceptors (Lipinski definition) is 5. The molecule has 0 aromatic heterocycles. The van der Waals surface area contributed by atoms with Crippen molar-refractivity contribution in [3.05, 3.63) is 35.4 Å². The Hall–Kier alpha value is -1.43. The van der Waals surface area contributed by atoms with E-state index in [9.17, 15) is 4.79 Å². The van der Waals surface area contributed by atoms with Crippen molar-refractivity contribution in [1.29, 1.82) is 0 Å². The Morgan fingerprint density at radius 2 is 1.79 bits per heavy atom. The van der Waals surface area contributed by atoms with Crippen LogP contribution in [0.5, 0.6) is 0 Å². The minimum Gasteiger partial charge on any atom is -0.465 e. The van der Waals surface area contributed by atoms with Crippen LogP contribution >= 0.6 is 0 Å². The Labute approximate surface area is 113 Å². The van der Waals surface area contributed by atoms with Gasteiger partial charge in [-0.3, -0.25) is 0 Å². The van der Waals surface area contributed by atoms with Crippen molar-refractivity contribution in [2.24, 2.45) is 0 Å². The molecule has 1 aromatic carbocycles. The SMILES string of the molecule is COC(=O)c1ccccc1CCOCCOCCO. The quantitative estimate of drug-likeness (QED) is 0.535. The van der Waals surface area contributed by atoms with Crippen LogP contribution in [0, 0.1) is 0 Å². The summed E-state index contributed by atoms with van der Waals surface area (Å²) in [4.78, 5) is 11.5. The Kier molecular flexibility index (Phi) is 7.81. The third-order valence-corrected chi connectivity index (χ3v) is 2.55. The summed E-state index contributed by atoms with van der Waals surface area (Å²) >= 11 is 0. The molecule has 0 saturated carbocycles. The molecule has 0 fully saturated rings. The van der Waals surface area contributed by atoms with Gasteiger partial charge in [-0.15, -0.1) is 0 Å². The summed E-state index contributed by atoms with van der Waals surface area (Å²) in [5.74, 6) is -0.332. The van der Waals surface area contributed by atoms with Crippen LogP contribution in [0.4, 0.5) is 0 Å². The first-order chi connectivity index (χ1) is 9.29. The highest BCUT2D eigenvalue weighted by Crippen LogP contribution is 2.10. The van der Waals surface area contributed by atoms with E-state index in [2.05, 4.69) is 0 Å². The fourth-order valence-corrected chi connectivity index (χ4v) is 1.62. The van der Waals surface area contributed by atoms with E-state index in [0.717, 1.165) is 5.56 Å². The van der Waals surface area contributed by atoms with Crippen LogP contribution in [-0.4, -0.2) is 51.2 Å². The number of ether oxygens (including phenoxy) is 3. The van der Waals surface area contributed by atoms with E-state index in [-0.39, 0.29) is 12.6 Å². The maximum atomic E-state index is 11.5. The molecule has 106 valence electrons. The summed E-state index contributed by atoms with van der Waals surface area (Å²) in [6.07, 6.45) is 0.644. The topological polar surface area (TPSA) is 65.0 Å². The molecule has 0 aliphatic carbocycles. The Morgan fingerprint density at radius 1 is 1.11 bits per heavy atom. The molecule has 0 aliphatic heterocycles. The van der Waals surface area contributed by atoms with Crippen molar-refractivity contribution in [2.75, 3.05) is 40.1 Å². The van der Waals surface area contributed by atoms with Crippen LogP contribution in [0.3, 0.4) is 0 Å². The minimum absolute atomic E-state index is 0.0203. The zero-order valence-corrected chi connectivity index (χ0v) is 11.1. The van der Waals surface area contributed by atoms with E-state index in [4.69, 9.17) is 19.3 Å². The van der Waals surface area contributed by atoms with E-state index in [1.54, 1.807) is 12.1 Å². The molecule has 1 rings (SSSR count). The zero-order chi connectivity index (χ0) is 13.9. The van der Waals surface area contributed by atoms with Gasteiger partial charge in [0.15, 0.2) is 0 Å². The van der Waals surface area contributed by atoms with Crippen molar-refractivity contribution >= 4 is 5.97 Å². The van der Waals surface area contributed by atoms with Crippen LogP contribution in [0.25, 0.3) is 0 Å². The molecule has 0 spiro atoms. The molecule has 0 unspecified atom stereocenters. The monoisotopic (exact) mass is 268 g/mol. The smallest absolute Gasteiger partial charge is 0.338 e. The minimum atomic E-state index is -0.332. The molecule has 1 aromatic rings. The molecular weight excluding hydrogens is 248 g/mol. The van der Waals surface area contributed by atoms with Gasteiger partial charge in [0.25, 0.3) is 0 Å². The number of rotatable bonds is 9. The fourth-order valence-electron chi connectivity index (χ4n) is 1.62. The van der Waals surface area contributed by atoms with Gasteiger partial charge in [-0.1, -0.05) is 18.2 Å². The lowest BCUT2D eigenvalue weighted by molar-refractivity contribution is 0.0339. The number of benzene rings is 1. The highest BCUT2D eigenvalue weighted by Gasteiger charge is 2.10. The van der Waals surface area contributed by atoms with Crippen LogP contribution in [0.2, 0.25) is 0 Å². The van der Waals surface area contributed by atoms with Gasteiger partial charge in [0, 0.05) is 0 Å². The first-order valence-electron chi connectivity index (χ1n) is 6.22. The molecular formula is C14H20O5. The van der Waals surface area contributed by atoms with Gasteiger partial charge < -0.3 is 19.3 Å². The third-order valence-electron chi connectivity index (χ3n) is 2.55.